The highest BCUT2D eigenvalue weighted by Gasteiger charge is 2.39. The first-order valence-corrected chi connectivity index (χ1v) is 14.4. The molecule has 2 aromatic carbocycles. The van der Waals surface area contributed by atoms with Crippen molar-refractivity contribution in [3.8, 4) is 0 Å². The van der Waals surface area contributed by atoms with Gasteiger partial charge in [-0.3, -0.25) is 0 Å². The van der Waals surface area contributed by atoms with Crippen molar-refractivity contribution in [3.63, 3.8) is 0 Å². The number of alkyl halides is 3. The molecule has 2 N–H and O–H groups in total. The molecule has 0 aliphatic carbocycles. The number of hydrogen-bond donors (Lipinski definition) is 2. The molecule has 2 atom stereocenters. The molecule has 2 aromatic rings. The predicted molar refractivity (Wildman–Crippen MR) is 132 cm³/mol. The quantitative estimate of drug-likeness (QED) is 0.428. The fraction of sp³-hybridized carbons (Fsp3) is 0.417. The smallest absolute Gasteiger partial charge is 0.306 e. The first-order chi connectivity index (χ1) is 16.9. The van der Waals surface area contributed by atoms with Gasteiger partial charge in [-0.2, -0.15) is 17.5 Å². The molecule has 0 bridgehead atoms. The van der Waals surface area contributed by atoms with E-state index >= 15 is 0 Å². The topological polar surface area (TPSA) is 95.6 Å². The summed E-state index contributed by atoms with van der Waals surface area (Å²) in [5, 5.41) is 3.36. The maximum atomic E-state index is 13.6. The summed E-state index contributed by atoms with van der Waals surface area (Å²) in [4.78, 5) is -0.0147. The Kier molecular flexibility index (Phi) is 9.33. The average molecular weight is 546 g/mol. The summed E-state index contributed by atoms with van der Waals surface area (Å²) in [6.07, 6.45) is -3.84. The lowest BCUT2D eigenvalue weighted by molar-refractivity contribution is -0.155. The van der Waals surface area contributed by atoms with E-state index < -0.39 is 32.3 Å². The SMILES string of the molecule is C=CS(=O)(=O)NC[C@H]1CCN(S(=O)(=O)c2ccc(CC(NCCc3ccccc3)C(F)(F)F)cc2)C1. The van der Waals surface area contributed by atoms with Gasteiger partial charge >= 0.3 is 6.18 Å². The Morgan fingerprint density at radius 3 is 2.31 bits per heavy atom. The molecule has 7 nitrogen and oxygen atoms in total. The van der Waals surface area contributed by atoms with Gasteiger partial charge in [0.25, 0.3) is 0 Å². The zero-order chi connectivity index (χ0) is 26.4. The van der Waals surface area contributed by atoms with Crippen LogP contribution >= 0.6 is 0 Å². The lowest BCUT2D eigenvalue weighted by Gasteiger charge is -2.22. The Morgan fingerprint density at radius 1 is 1.03 bits per heavy atom. The largest absolute Gasteiger partial charge is 0.404 e. The van der Waals surface area contributed by atoms with Crippen molar-refractivity contribution in [1.82, 2.24) is 14.3 Å². The minimum absolute atomic E-state index is 0.0147. The van der Waals surface area contributed by atoms with Crippen LogP contribution in [0.25, 0.3) is 0 Å². The molecule has 12 heteroatoms. The van der Waals surface area contributed by atoms with E-state index in [0.29, 0.717) is 18.4 Å². The Hall–Kier alpha value is -2.25. The zero-order valence-electron chi connectivity index (χ0n) is 19.6. The second-order valence-corrected chi connectivity index (χ2v) is 12.4. The van der Waals surface area contributed by atoms with Crippen LogP contribution in [-0.2, 0) is 32.9 Å². The van der Waals surface area contributed by atoms with Crippen molar-refractivity contribution in [3.05, 3.63) is 77.7 Å². The van der Waals surface area contributed by atoms with E-state index in [1.54, 1.807) is 0 Å². The van der Waals surface area contributed by atoms with Gasteiger partial charge in [-0.05, 0) is 55.0 Å². The fourth-order valence-corrected chi connectivity index (χ4v) is 6.11. The number of sulfonamides is 2. The molecule has 3 rings (SSSR count). The molecule has 0 aromatic heterocycles. The van der Waals surface area contributed by atoms with Crippen LogP contribution in [0.4, 0.5) is 13.2 Å². The Bertz CT molecular complexity index is 1220. The first-order valence-electron chi connectivity index (χ1n) is 11.5. The minimum Gasteiger partial charge on any atom is -0.306 e. The van der Waals surface area contributed by atoms with E-state index in [1.807, 2.05) is 30.3 Å². The second-order valence-electron chi connectivity index (χ2n) is 8.71. The molecular formula is C24H30F3N3O4S2. The minimum atomic E-state index is -4.46. The van der Waals surface area contributed by atoms with E-state index in [2.05, 4.69) is 16.6 Å². The number of benzene rings is 2. The summed E-state index contributed by atoms with van der Waals surface area (Å²) in [6.45, 7) is 3.83. The van der Waals surface area contributed by atoms with Crippen LogP contribution in [0.5, 0.6) is 0 Å². The highest BCUT2D eigenvalue weighted by atomic mass is 32.2. The van der Waals surface area contributed by atoms with E-state index in [4.69, 9.17) is 0 Å². The maximum absolute atomic E-state index is 13.6. The van der Waals surface area contributed by atoms with E-state index in [1.165, 1.54) is 28.6 Å². The van der Waals surface area contributed by atoms with Crippen LogP contribution in [0.15, 0.2) is 71.5 Å². The summed E-state index contributed by atoms with van der Waals surface area (Å²) in [7, 11) is -7.45. The van der Waals surface area contributed by atoms with Gasteiger partial charge in [0.2, 0.25) is 20.0 Å². The van der Waals surface area contributed by atoms with Gasteiger partial charge in [0.1, 0.15) is 6.04 Å². The fourth-order valence-electron chi connectivity index (χ4n) is 4.00. The molecule has 1 unspecified atom stereocenters. The Morgan fingerprint density at radius 2 is 1.69 bits per heavy atom. The van der Waals surface area contributed by atoms with Gasteiger partial charge < -0.3 is 5.32 Å². The number of halogens is 3. The molecule has 1 aliphatic rings. The normalized spacial score (nSPS) is 18.2. The van der Waals surface area contributed by atoms with Gasteiger partial charge in [-0.1, -0.05) is 49.0 Å². The molecule has 1 saturated heterocycles. The molecule has 0 amide bonds. The highest BCUT2D eigenvalue weighted by Crippen LogP contribution is 2.26. The molecule has 0 saturated carbocycles. The number of rotatable bonds is 12. The van der Waals surface area contributed by atoms with Gasteiger partial charge in [0.05, 0.1) is 4.90 Å². The van der Waals surface area contributed by atoms with Gasteiger partial charge in [0, 0.05) is 25.0 Å². The third-order valence-corrected chi connectivity index (χ3v) is 8.97. The maximum Gasteiger partial charge on any atom is 0.404 e. The summed E-state index contributed by atoms with van der Waals surface area (Å²) in [5.41, 5.74) is 1.30. The van der Waals surface area contributed by atoms with Crippen LogP contribution in [0.3, 0.4) is 0 Å². The first kappa shape index (κ1) is 28.3. The van der Waals surface area contributed by atoms with Crippen molar-refractivity contribution in [2.24, 2.45) is 5.92 Å². The van der Waals surface area contributed by atoms with E-state index in [9.17, 15) is 30.0 Å². The summed E-state index contributed by atoms with van der Waals surface area (Å²) in [6, 6.07) is 12.9. The average Bonchev–Trinajstić information content (AvgIpc) is 3.33. The number of nitrogens with one attached hydrogen (secondary N) is 2. The highest BCUT2D eigenvalue weighted by molar-refractivity contribution is 7.92. The lowest BCUT2D eigenvalue weighted by atomic mass is 10.0. The standard InChI is InChI=1S/C24H30F3N3O4S2/c1-2-35(31,32)29-17-21-13-15-30(18-21)36(33,34)22-10-8-20(9-11-22)16-23(24(25,26)27)28-14-12-19-6-4-3-5-7-19/h2-11,21,23,28-29H,1,12-18H2/t21-,23?/m1/s1. The predicted octanol–water partition coefficient (Wildman–Crippen LogP) is 3.07. The van der Waals surface area contributed by atoms with Crippen molar-refractivity contribution < 1.29 is 30.0 Å². The molecule has 198 valence electrons. The van der Waals surface area contributed by atoms with Crippen molar-refractivity contribution in [2.75, 3.05) is 26.2 Å². The van der Waals surface area contributed by atoms with Crippen LogP contribution in [0.1, 0.15) is 17.5 Å². The van der Waals surface area contributed by atoms with Crippen molar-refractivity contribution >= 4 is 20.0 Å². The zero-order valence-corrected chi connectivity index (χ0v) is 21.2. The number of hydrogen-bond acceptors (Lipinski definition) is 5. The van der Waals surface area contributed by atoms with Crippen molar-refractivity contribution in [1.29, 1.82) is 0 Å². The third kappa shape index (κ3) is 7.87. The van der Waals surface area contributed by atoms with Gasteiger partial charge in [0.15, 0.2) is 0 Å². The summed E-state index contributed by atoms with van der Waals surface area (Å²) < 4.78 is 93.4. The molecule has 1 fully saturated rings. The number of nitrogens with zero attached hydrogens (tertiary/aromatic N) is 1. The Balaban J connectivity index is 1.59. The van der Waals surface area contributed by atoms with Crippen LogP contribution in [-0.4, -0.2) is 59.5 Å². The molecule has 1 heterocycles. The second kappa shape index (κ2) is 11.9. The van der Waals surface area contributed by atoms with Crippen LogP contribution in [0, 0.1) is 5.92 Å². The summed E-state index contributed by atoms with van der Waals surface area (Å²) in [5.74, 6) is -0.191. The molecular weight excluding hydrogens is 515 g/mol. The van der Waals surface area contributed by atoms with E-state index in [0.717, 1.165) is 11.0 Å². The molecule has 0 radical (unpaired) electrons. The molecule has 1 aliphatic heterocycles. The van der Waals surface area contributed by atoms with Crippen LogP contribution in [0.2, 0.25) is 0 Å². The van der Waals surface area contributed by atoms with Gasteiger partial charge in [-0.15, -0.1) is 0 Å². The lowest BCUT2D eigenvalue weighted by Crippen LogP contribution is -2.44. The van der Waals surface area contributed by atoms with Crippen LogP contribution < -0.4 is 10.0 Å². The van der Waals surface area contributed by atoms with E-state index in [-0.39, 0.29) is 43.4 Å². The van der Waals surface area contributed by atoms with Crippen molar-refractivity contribution in [2.45, 2.75) is 36.4 Å². The Labute approximate surface area is 210 Å². The summed E-state index contributed by atoms with van der Waals surface area (Å²) >= 11 is 0. The molecule has 0 spiro atoms. The third-order valence-electron chi connectivity index (χ3n) is 6.08. The molecule has 36 heavy (non-hydrogen) atoms. The monoisotopic (exact) mass is 545 g/mol. The van der Waals surface area contributed by atoms with Gasteiger partial charge in [-0.25, -0.2) is 21.6 Å².